The summed E-state index contributed by atoms with van der Waals surface area (Å²) >= 11 is 0. The molecule has 0 spiro atoms. The molecular formula is C12H22F3NO. The van der Waals surface area contributed by atoms with Gasteiger partial charge < -0.3 is 4.90 Å². The summed E-state index contributed by atoms with van der Waals surface area (Å²) in [6.07, 6.45) is -4.41. The number of hydrogen-bond donors (Lipinski definition) is 0. The molecule has 0 bridgehead atoms. The molecule has 102 valence electrons. The summed E-state index contributed by atoms with van der Waals surface area (Å²) in [6.45, 7) is 8.26. The van der Waals surface area contributed by atoms with Crippen LogP contribution in [0.1, 0.15) is 40.5 Å². The summed E-state index contributed by atoms with van der Waals surface area (Å²) < 4.78 is 36.3. The highest BCUT2D eigenvalue weighted by Crippen LogP contribution is 2.30. The van der Waals surface area contributed by atoms with Gasteiger partial charge in [-0.15, -0.1) is 0 Å². The number of rotatable bonds is 2. The molecule has 5 heteroatoms. The van der Waals surface area contributed by atoms with E-state index in [2.05, 4.69) is 0 Å². The molecule has 1 atom stereocenters. The van der Waals surface area contributed by atoms with Crippen LogP contribution in [0.3, 0.4) is 0 Å². The molecule has 0 aromatic heterocycles. The number of carbonyl (C=O) groups is 1. The van der Waals surface area contributed by atoms with Gasteiger partial charge in [0, 0.05) is 25.4 Å². The van der Waals surface area contributed by atoms with Crippen LogP contribution < -0.4 is 0 Å². The van der Waals surface area contributed by atoms with E-state index in [-0.39, 0.29) is 18.4 Å². The van der Waals surface area contributed by atoms with E-state index in [4.69, 9.17) is 0 Å². The second-order valence-electron chi connectivity index (χ2n) is 4.41. The van der Waals surface area contributed by atoms with Crippen LogP contribution in [0.15, 0.2) is 0 Å². The van der Waals surface area contributed by atoms with Gasteiger partial charge in [-0.1, -0.05) is 27.7 Å². The lowest BCUT2D eigenvalue weighted by Crippen LogP contribution is -2.32. The Labute approximate surface area is 101 Å². The fourth-order valence-corrected chi connectivity index (χ4v) is 1.89. The summed E-state index contributed by atoms with van der Waals surface area (Å²) in [4.78, 5) is 13.0. The highest BCUT2D eigenvalue weighted by molar-refractivity contribution is 5.78. The van der Waals surface area contributed by atoms with Gasteiger partial charge in [0.15, 0.2) is 0 Å². The molecule has 0 aromatic carbocycles. The summed E-state index contributed by atoms with van der Waals surface area (Å²) in [5, 5.41) is 0. The smallest absolute Gasteiger partial charge is 0.342 e. The maximum atomic E-state index is 12.1. The third kappa shape index (κ3) is 5.94. The number of halogens is 3. The van der Waals surface area contributed by atoms with Crippen molar-refractivity contribution in [2.24, 2.45) is 11.8 Å². The summed E-state index contributed by atoms with van der Waals surface area (Å²) in [5.41, 5.74) is 0. The Morgan fingerprint density at radius 1 is 1.35 bits per heavy atom. The number of hydrogen-bond acceptors (Lipinski definition) is 1. The van der Waals surface area contributed by atoms with Crippen molar-refractivity contribution in [3.63, 3.8) is 0 Å². The van der Waals surface area contributed by atoms with Crippen molar-refractivity contribution >= 4 is 5.91 Å². The Kier molecular flexibility index (Phi) is 6.57. The maximum Gasteiger partial charge on any atom is 0.389 e. The lowest BCUT2D eigenvalue weighted by molar-refractivity contribution is -0.145. The lowest BCUT2D eigenvalue weighted by Gasteiger charge is -2.19. The molecule has 1 amide bonds. The molecule has 1 aliphatic rings. The minimum absolute atomic E-state index is 0.0420. The fraction of sp³-hybridized carbons (Fsp3) is 0.917. The van der Waals surface area contributed by atoms with Gasteiger partial charge in [0.2, 0.25) is 5.91 Å². The van der Waals surface area contributed by atoms with Crippen molar-refractivity contribution in [1.29, 1.82) is 0 Å². The van der Waals surface area contributed by atoms with Crippen LogP contribution >= 0.6 is 0 Å². The summed E-state index contributed by atoms with van der Waals surface area (Å²) in [5.74, 6) is -0.581. The van der Waals surface area contributed by atoms with Gasteiger partial charge in [0.25, 0.3) is 0 Å². The molecule has 1 rings (SSSR count). The van der Waals surface area contributed by atoms with E-state index in [1.807, 2.05) is 13.8 Å². The minimum Gasteiger partial charge on any atom is -0.342 e. The zero-order chi connectivity index (χ0) is 13.6. The lowest BCUT2D eigenvalue weighted by atomic mass is 10.1. The topological polar surface area (TPSA) is 20.3 Å². The fourth-order valence-electron chi connectivity index (χ4n) is 1.89. The van der Waals surface area contributed by atoms with E-state index in [9.17, 15) is 18.0 Å². The number of carbonyl (C=O) groups excluding carboxylic acids is 1. The molecule has 1 fully saturated rings. The third-order valence-electron chi connectivity index (χ3n) is 2.61. The molecule has 0 radical (unpaired) electrons. The first kappa shape index (κ1) is 16.3. The standard InChI is InChI=1S/C10H16F3NO.C2H6/c1-7(2)9(15)14-4-3-8(6-14)5-10(11,12)13;1-2/h7-8H,3-6H2,1-2H3;1-2H3. The van der Waals surface area contributed by atoms with Gasteiger partial charge in [0.1, 0.15) is 0 Å². The van der Waals surface area contributed by atoms with Crippen molar-refractivity contribution in [1.82, 2.24) is 4.90 Å². The molecule has 0 aromatic rings. The van der Waals surface area contributed by atoms with Crippen molar-refractivity contribution in [2.75, 3.05) is 13.1 Å². The van der Waals surface area contributed by atoms with Crippen molar-refractivity contribution in [2.45, 2.75) is 46.7 Å². The molecule has 2 nitrogen and oxygen atoms in total. The van der Waals surface area contributed by atoms with E-state index < -0.39 is 18.5 Å². The van der Waals surface area contributed by atoms with Crippen molar-refractivity contribution in [3.05, 3.63) is 0 Å². The van der Waals surface area contributed by atoms with Crippen LogP contribution in [0.4, 0.5) is 13.2 Å². The van der Waals surface area contributed by atoms with E-state index in [1.54, 1.807) is 18.7 Å². The molecule has 17 heavy (non-hydrogen) atoms. The van der Waals surface area contributed by atoms with Crippen LogP contribution in [-0.2, 0) is 4.79 Å². The second-order valence-corrected chi connectivity index (χ2v) is 4.41. The van der Waals surface area contributed by atoms with Crippen LogP contribution in [0, 0.1) is 11.8 Å². The Hall–Kier alpha value is -0.740. The number of amides is 1. The van der Waals surface area contributed by atoms with Crippen LogP contribution in [0.5, 0.6) is 0 Å². The summed E-state index contributed by atoms with van der Waals surface area (Å²) in [6, 6.07) is 0. The molecule has 1 aliphatic heterocycles. The average Bonchev–Trinajstić information content (AvgIpc) is 2.65. The molecule has 0 N–H and O–H groups in total. The predicted octanol–water partition coefficient (Wildman–Crippen LogP) is 3.47. The first-order valence-corrected chi connectivity index (χ1v) is 6.15. The largest absolute Gasteiger partial charge is 0.389 e. The predicted molar refractivity (Wildman–Crippen MR) is 61.5 cm³/mol. The molecule has 1 saturated heterocycles. The minimum atomic E-state index is -4.11. The zero-order valence-electron chi connectivity index (χ0n) is 11.0. The van der Waals surface area contributed by atoms with Crippen LogP contribution in [0.25, 0.3) is 0 Å². The van der Waals surface area contributed by atoms with Gasteiger partial charge in [-0.05, 0) is 12.3 Å². The Balaban J connectivity index is 0.00000121. The van der Waals surface area contributed by atoms with E-state index in [0.29, 0.717) is 13.0 Å². The van der Waals surface area contributed by atoms with E-state index >= 15 is 0 Å². The average molecular weight is 253 g/mol. The molecular weight excluding hydrogens is 231 g/mol. The SMILES string of the molecule is CC.CC(C)C(=O)N1CCC(CC(F)(F)F)C1. The number of nitrogens with zero attached hydrogens (tertiary/aromatic N) is 1. The highest BCUT2D eigenvalue weighted by Gasteiger charge is 2.36. The Morgan fingerprint density at radius 3 is 2.29 bits per heavy atom. The first-order chi connectivity index (χ1) is 7.79. The monoisotopic (exact) mass is 253 g/mol. The third-order valence-corrected chi connectivity index (χ3v) is 2.61. The normalized spacial score (nSPS) is 20.2. The van der Waals surface area contributed by atoms with Crippen LogP contribution in [-0.4, -0.2) is 30.1 Å². The van der Waals surface area contributed by atoms with Gasteiger partial charge in [-0.2, -0.15) is 13.2 Å². The Bertz CT molecular complexity index is 238. The first-order valence-electron chi connectivity index (χ1n) is 6.15. The van der Waals surface area contributed by atoms with E-state index in [1.165, 1.54) is 0 Å². The molecule has 1 unspecified atom stereocenters. The van der Waals surface area contributed by atoms with Crippen molar-refractivity contribution < 1.29 is 18.0 Å². The van der Waals surface area contributed by atoms with E-state index in [0.717, 1.165) is 0 Å². The number of alkyl halides is 3. The van der Waals surface area contributed by atoms with Crippen LogP contribution in [0.2, 0.25) is 0 Å². The highest BCUT2D eigenvalue weighted by atomic mass is 19.4. The Morgan fingerprint density at radius 2 is 1.88 bits per heavy atom. The molecule has 1 heterocycles. The number of likely N-dealkylation sites (tertiary alicyclic amines) is 1. The quantitative estimate of drug-likeness (QED) is 0.738. The maximum absolute atomic E-state index is 12.1. The van der Waals surface area contributed by atoms with Crippen molar-refractivity contribution in [3.8, 4) is 0 Å². The van der Waals surface area contributed by atoms with Gasteiger partial charge in [0.05, 0.1) is 0 Å². The molecule has 0 saturated carbocycles. The summed E-state index contributed by atoms with van der Waals surface area (Å²) in [7, 11) is 0. The van der Waals surface area contributed by atoms with Gasteiger partial charge >= 0.3 is 6.18 Å². The van der Waals surface area contributed by atoms with Gasteiger partial charge in [-0.3, -0.25) is 4.79 Å². The zero-order valence-corrected chi connectivity index (χ0v) is 11.0. The molecule has 0 aliphatic carbocycles. The second kappa shape index (κ2) is 6.87. The van der Waals surface area contributed by atoms with Gasteiger partial charge in [-0.25, -0.2) is 0 Å².